The zero-order chi connectivity index (χ0) is 25.1. The number of hydrogen-bond acceptors (Lipinski definition) is 7. The van der Waals surface area contributed by atoms with Crippen LogP contribution in [0.5, 0.6) is 17.2 Å². The van der Waals surface area contributed by atoms with Crippen LogP contribution >= 0.6 is 0 Å². The molecule has 3 rings (SSSR count). The Morgan fingerprint density at radius 1 is 1.00 bits per heavy atom. The van der Waals surface area contributed by atoms with Gasteiger partial charge >= 0.3 is 0 Å². The first-order valence-electron chi connectivity index (χ1n) is 10.6. The van der Waals surface area contributed by atoms with Crippen molar-refractivity contribution in [2.45, 2.75) is 25.1 Å². The molecule has 0 bridgehead atoms. The molecule has 0 fully saturated rings. The normalized spacial score (nSPS) is 14.2. The molecule has 0 saturated heterocycles. The number of nitrogens with zero attached hydrogens (tertiary/aromatic N) is 1. The predicted octanol–water partition coefficient (Wildman–Crippen LogP) is 3.28. The van der Waals surface area contributed by atoms with Crippen LogP contribution in [-0.2, 0) is 22.2 Å². The molecule has 0 aliphatic carbocycles. The van der Waals surface area contributed by atoms with E-state index in [1.807, 2.05) is 30.3 Å². The second-order valence-electron chi connectivity index (χ2n) is 8.20. The van der Waals surface area contributed by atoms with Gasteiger partial charge in [0.25, 0.3) is 0 Å². The zero-order valence-corrected chi connectivity index (χ0v) is 20.4. The number of aromatic hydroxyl groups is 1. The maximum Gasteiger partial charge on any atom is 0.232 e. The first kappa shape index (κ1) is 25.4. The third-order valence-corrected chi connectivity index (χ3v) is 6.67. The number of sulfonamides is 1. The number of rotatable bonds is 9. The van der Waals surface area contributed by atoms with Gasteiger partial charge in [0.05, 0.1) is 32.2 Å². The highest BCUT2D eigenvalue weighted by Crippen LogP contribution is 2.42. The van der Waals surface area contributed by atoms with Gasteiger partial charge in [-0.3, -0.25) is 10.0 Å². The molecule has 0 aromatic heterocycles. The van der Waals surface area contributed by atoms with E-state index in [0.717, 1.165) is 16.1 Å². The molecule has 0 amide bonds. The lowest BCUT2D eigenvalue weighted by Gasteiger charge is -2.34. The van der Waals surface area contributed by atoms with E-state index in [-0.39, 0.29) is 11.3 Å². The van der Waals surface area contributed by atoms with Crippen LogP contribution < -0.4 is 19.5 Å². The summed E-state index contributed by atoms with van der Waals surface area (Å²) in [6.07, 6.45) is 1.37. The number of aliphatic hydroxyl groups is 1. The van der Waals surface area contributed by atoms with Crippen LogP contribution in [-0.4, -0.2) is 39.1 Å². The lowest BCUT2D eigenvalue weighted by atomic mass is 9.97. The van der Waals surface area contributed by atoms with Crippen LogP contribution in [0.15, 0.2) is 66.7 Å². The third kappa shape index (κ3) is 5.44. The Balaban J connectivity index is 2.27. The Morgan fingerprint density at radius 2 is 1.65 bits per heavy atom. The number of anilines is 1. The minimum absolute atomic E-state index is 0.00133. The standard InChI is InChI=1S/C25H30N2O6S/c1-25(26,29)19-11-8-12-20(24(19)28)27(34(4,30)31)21(15-17-9-6-5-7-10-17)18-13-14-22(32-2)23(16-18)33-3/h5-14,16,21,28-29H,15,26H2,1-4H3. The van der Waals surface area contributed by atoms with Gasteiger partial charge in [-0.25, -0.2) is 8.42 Å². The van der Waals surface area contributed by atoms with Crippen molar-refractivity contribution in [3.63, 3.8) is 0 Å². The van der Waals surface area contributed by atoms with Crippen molar-refractivity contribution in [2.24, 2.45) is 5.73 Å². The molecular formula is C25H30N2O6S. The second-order valence-corrected chi connectivity index (χ2v) is 10.1. The maximum atomic E-state index is 13.2. The molecule has 2 unspecified atom stereocenters. The van der Waals surface area contributed by atoms with Crippen LogP contribution in [0.3, 0.4) is 0 Å². The van der Waals surface area contributed by atoms with Crippen molar-refractivity contribution in [2.75, 3.05) is 24.8 Å². The van der Waals surface area contributed by atoms with Gasteiger partial charge in [-0.05, 0) is 42.7 Å². The molecule has 0 heterocycles. The topological polar surface area (TPSA) is 122 Å². The molecule has 3 aromatic carbocycles. The van der Waals surface area contributed by atoms with Crippen LogP contribution in [0.1, 0.15) is 29.7 Å². The lowest BCUT2D eigenvalue weighted by molar-refractivity contribution is 0.0621. The van der Waals surface area contributed by atoms with E-state index >= 15 is 0 Å². The van der Waals surface area contributed by atoms with Gasteiger partial charge in [-0.2, -0.15) is 0 Å². The molecule has 34 heavy (non-hydrogen) atoms. The number of para-hydroxylation sites is 1. The highest BCUT2D eigenvalue weighted by molar-refractivity contribution is 7.92. The summed E-state index contributed by atoms with van der Waals surface area (Å²) in [5.41, 5.74) is 5.45. The minimum Gasteiger partial charge on any atom is -0.505 e. The summed E-state index contributed by atoms with van der Waals surface area (Å²) in [6.45, 7) is 1.31. The summed E-state index contributed by atoms with van der Waals surface area (Å²) < 4.78 is 38.3. The minimum atomic E-state index is -3.93. The summed E-state index contributed by atoms with van der Waals surface area (Å²) in [5, 5.41) is 21.3. The molecule has 8 nitrogen and oxygen atoms in total. The number of phenols is 1. The van der Waals surface area contributed by atoms with Crippen LogP contribution in [0.2, 0.25) is 0 Å². The summed E-state index contributed by atoms with van der Waals surface area (Å²) in [7, 11) is -0.908. The zero-order valence-electron chi connectivity index (χ0n) is 19.6. The average molecular weight is 487 g/mol. The van der Waals surface area contributed by atoms with Gasteiger partial charge in [-0.15, -0.1) is 0 Å². The smallest absolute Gasteiger partial charge is 0.232 e. The van der Waals surface area contributed by atoms with Crippen molar-refractivity contribution in [3.8, 4) is 17.2 Å². The van der Waals surface area contributed by atoms with Crippen molar-refractivity contribution in [1.29, 1.82) is 0 Å². The molecule has 0 aliphatic heterocycles. The fourth-order valence-corrected chi connectivity index (χ4v) is 5.09. The molecule has 0 aliphatic rings. The quantitative estimate of drug-likeness (QED) is 0.397. The average Bonchev–Trinajstić information content (AvgIpc) is 2.78. The first-order chi connectivity index (χ1) is 16.0. The summed E-state index contributed by atoms with van der Waals surface area (Å²) >= 11 is 0. The van der Waals surface area contributed by atoms with E-state index in [9.17, 15) is 18.6 Å². The second kappa shape index (κ2) is 9.92. The van der Waals surface area contributed by atoms with Crippen LogP contribution in [0.25, 0.3) is 0 Å². The lowest BCUT2D eigenvalue weighted by Crippen LogP contribution is -2.37. The van der Waals surface area contributed by atoms with Gasteiger partial charge in [0.15, 0.2) is 11.5 Å². The highest BCUT2D eigenvalue weighted by atomic mass is 32.2. The number of hydrogen-bond donors (Lipinski definition) is 3. The van der Waals surface area contributed by atoms with Crippen molar-refractivity contribution >= 4 is 15.7 Å². The number of ether oxygens (including phenoxy) is 2. The Kier molecular flexibility index (Phi) is 7.40. The maximum absolute atomic E-state index is 13.2. The van der Waals surface area contributed by atoms with Gasteiger partial charge in [0.2, 0.25) is 10.0 Å². The first-order valence-corrected chi connectivity index (χ1v) is 12.4. The summed E-state index contributed by atoms with van der Waals surface area (Å²) in [4.78, 5) is 0. The molecule has 182 valence electrons. The molecule has 9 heteroatoms. The fourth-order valence-electron chi connectivity index (χ4n) is 3.93. The van der Waals surface area contributed by atoms with Gasteiger partial charge in [-0.1, -0.05) is 48.5 Å². The van der Waals surface area contributed by atoms with E-state index in [1.165, 1.54) is 39.3 Å². The van der Waals surface area contributed by atoms with Crippen LogP contribution in [0.4, 0.5) is 5.69 Å². The van der Waals surface area contributed by atoms with E-state index in [1.54, 1.807) is 18.2 Å². The number of benzene rings is 3. The van der Waals surface area contributed by atoms with Gasteiger partial charge in [0, 0.05) is 5.56 Å². The third-order valence-electron chi connectivity index (χ3n) is 5.50. The molecule has 0 spiro atoms. The fraction of sp³-hybridized carbons (Fsp3) is 0.280. The van der Waals surface area contributed by atoms with E-state index in [2.05, 4.69) is 0 Å². The van der Waals surface area contributed by atoms with Crippen LogP contribution in [0, 0.1) is 0 Å². The Morgan fingerprint density at radius 3 is 2.21 bits per heavy atom. The molecule has 2 atom stereocenters. The number of phenolic OH excluding ortho intramolecular Hbond substituents is 1. The molecule has 4 N–H and O–H groups in total. The molecule has 3 aromatic rings. The number of nitrogens with two attached hydrogens (primary N) is 1. The van der Waals surface area contributed by atoms with E-state index in [4.69, 9.17) is 15.2 Å². The SMILES string of the molecule is COc1ccc(C(Cc2ccccc2)N(c2cccc(C(C)(N)O)c2O)S(C)(=O)=O)cc1OC. The Hall–Kier alpha value is -3.27. The molecule has 0 saturated carbocycles. The van der Waals surface area contributed by atoms with Gasteiger partial charge in [0.1, 0.15) is 11.5 Å². The summed E-state index contributed by atoms with van der Waals surface area (Å²) in [6, 6.07) is 18.3. The van der Waals surface area contributed by atoms with Gasteiger partial charge < -0.3 is 19.7 Å². The van der Waals surface area contributed by atoms with Crippen molar-refractivity contribution < 1.29 is 28.1 Å². The Labute approximate surface area is 200 Å². The largest absolute Gasteiger partial charge is 0.505 e. The van der Waals surface area contributed by atoms with Crippen molar-refractivity contribution in [3.05, 3.63) is 83.4 Å². The van der Waals surface area contributed by atoms with E-state index in [0.29, 0.717) is 23.5 Å². The molecular weight excluding hydrogens is 456 g/mol. The highest BCUT2D eigenvalue weighted by Gasteiger charge is 2.33. The van der Waals surface area contributed by atoms with Crippen molar-refractivity contribution in [1.82, 2.24) is 0 Å². The number of methoxy groups -OCH3 is 2. The summed E-state index contributed by atoms with van der Waals surface area (Å²) in [5.74, 6) is 0.521. The monoisotopic (exact) mass is 486 g/mol. The molecule has 0 radical (unpaired) electrons. The predicted molar refractivity (Wildman–Crippen MR) is 132 cm³/mol. The Bertz CT molecular complexity index is 1240. The van der Waals surface area contributed by atoms with E-state index < -0.39 is 27.5 Å².